The number of nitrogens with zero attached hydrogens (tertiary/aromatic N) is 4. The Kier molecular flexibility index (Phi) is 6.30. The molecule has 0 fully saturated rings. The Morgan fingerprint density at radius 1 is 1.04 bits per heavy atom. The van der Waals surface area contributed by atoms with E-state index < -0.39 is 0 Å². The van der Waals surface area contributed by atoms with Gasteiger partial charge in [-0.3, -0.25) is 0 Å². The lowest BCUT2D eigenvalue weighted by Gasteiger charge is -2.26. The highest BCUT2D eigenvalue weighted by molar-refractivity contribution is 5.40. The zero-order chi connectivity index (χ0) is 19.1. The van der Waals surface area contributed by atoms with Gasteiger partial charge < -0.3 is 10.2 Å². The summed E-state index contributed by atoms with van der Waals surface area (Å²) in [5, 5.41) is 11.5. The number of hydrogen-bond donors (Lipinski definition) is 1. The molecule has 5 nitrogen and oxygen atoms in total. The minimum absolute atomic E-state index is 0.186. The molecular formula is C21H24FN5. The highest BCUT2D eigenvalue weighted by Gasteiger charge is 2.15. The number of anilines is 2. The summed E-state index contributed by atoms with van der Waals surface area (Å²) in [6, 6.07) is 17.2. The molecular weight excluding hydrogens is 341 g/mol. The van der Waals surface area contributed by atoms with Crippen molar-refractivity contribution in [2.45, 2.75) is 32.9 Å². The minimum Gasteiger partial charge on any atom is -0.368 e. The summed E-state index contributed by atoms with van der Waals surface area (Å²) in [5.41, 5.74) is 1.87. The molecule has 0 saturated heterocycles. The minimum atomic E-state index is -0.186. The SMILES string of the molecule is CC(C)N(Cc1ccccc1)c1nncc(NCCc2ccccc2F)n1. The van der Waals surface area contributed by atoms with E-state index in [1.54, 1.807) is 18.3 Å². The fourth-order valence-electron chi connectivity index (χ4n) is 2.79. The van der Waals surface area contributed by atoms with Crippen molar-refractivity contribution in [1.82, 2.24) is 15.2 Å². The lowest BCUT2D eigenvalue weighted by Crippen LogP contribution is -2.32. The van der Waals surface area contributed by atoms with Gasteiger partial charge in [-0.25, -0.2) is 4.39 Å². The highest BCUT2D eigenvalue weighted by Crippen LogP contribution is 2.16. The van der Waals surface area contributed by atoms with E-state index in [1.807, 2.05) is 24.3 Å². The van der Waals surface area contributed by atoms with Crippen molar-refractivity contribution >= 4 is 11.8 Å². The second-order valence-electron chi connectivity index (χ2n) is 6.62. The van der Waals surface area contributed by atoms with Gasteiger partial charge in [0.15, 0.2) is 5.82 Å². The average molecular weight is 365 g/mol. The van der Waals surface area contributed by atoms with Gasteiger partial charge in [-0.15, -0.1) is 5.10 Å². The molecule has 0 atom stereocenters. The second kappa shape index (κ2) is 9.07. The maximum atomic E-state index is 13.7. The van der Waals surface area contributed by atoms with Crippen LogP contribution < -0.4 is 10.2 Å². The van der Waals surface area contributed by atoms with Crippen molar-refractivity contribution in [1.29, 1.82) is 0 Å². The molecule has 2 aromatic carbocycles. The Morgan fingerprint density at radius 3 is 2.52 bits per heavy atom. The van der Waals surface area contributed by atoms with Gasteiger partial charge in [0.25, 0.3) is 0 Å². The topological polar surface area (TPSA) is 53.9 Å². The Morgan fingerprint density at radius 2 is 1.78 bits per heavy atom. The first kappa shape index (κ1) is 18.8. The Bertz CT molecular complexity index is 854. The monoisotopic (exact) mass is 365 g/mol. The lowest BCUT2D eigenvalue weighted by atomic mass is 10.1. The number of hydrogen-bond acceptors (Lipinski definition) is 5. The molecule has 0 bridgehead atoms. The molecule has 0 radical (unpaired) electrons. The third kappa shape index (κ3) is 5.23. The fraction of sp³-hybridized carbons (Fsp3) is 0.286. The van der Waals surface area contributed by atoms with Crippen molar-refractivity contribution < 1.29 is 4.39 Å². The smallest absolute Gasteiger partial charge is 0.247 e. The standard InChI is InChI=1S/C21H24FN5/c1-16(2)27(15-17-8-4-3-5-9-17)21-25-20(14-24-26-21)23-13-12-18-10-6-7-11-19(18)22/h3-11,14,16H,12-13,15H2,1-2H3,(H,23,25,26). The molecule has 0 saturated carbocycles. The van der Waals surface area contributed by atoms with Crippen molar-refractivity contribution in [3.05, 3.63) is 77.7 Å². The Labute approximate surface area is 159 Å². The molecule has 0 spiro atoms. The predicted octanol–water partition coefficient (Wildman–Crippen LogP) is 4.08. The van der Waals surface area contributed by atoms with E-state index in [2.05, 4.69) is 51.4 Å². The largest absolute Gasteiger partial charge is 0.368 e. The first-order chi connectivity index (χ1) is 13.1. The van der Waals surface area contributed by atoms with Gasteiger partial charge in [-0.05, 0) is 37.5 Å². The van der Waals surface area contributed by atoms with Gasteiger partial charge in [0.2, 0.25) is 5.95 Å². The van der Waals surface area contributed by atoms with Crippen molar-refractivity contribution in [2.75, 3.05) is 16.8 Å². The molecule has 27 heavy (non-hydrogen) atoms. The quantitative estimate of drug-likeness (QED) is 0.652. The zero-order valence-corrected chi connectivity index (χ0v) is 15.6. The van der Waals surface area contributed by atoms with E-state index in [4.69, 9.17) is 0 Å². The van der Waals surface area contributed by atoms with Crippen LogP contribution in [0.5, 0.6) is 0 Å². The molecule has 6 heteroatoms. The summed E-state index contributed by atoms with van der Waals surface area (Å²) >= 11 is 0. The molecule has 140 valence electrons. The van der Waals surface area contributed by atoms with E-state index in [-0.39, 0.29) is 11.9 Å². The van der Waals surface area contributed by atoms with Gasteiger partial charge in [-0.2, -0.15) is 10.1 Å². The molecule has 1 aromatic heterocycles. The first-order valence-corrected chi connectivity index (χ1v) is 9.11. The summed E-state index contributed by atoms with van der Waals surface area (Å²) in [7, 11) is 0. The number of aromatic nitrogens is 3. The zero-order valence-electron chi connectivity index (χ0n) is 15.6. The van der Waals surface area contributed by atoms with Gasteiger partial charge in [-0.1, -0.05) is 48.5 Å². The predicted molar refractivity (Wildman–Crippen MR) is 106 cm³/mol. The first-order valence-electron chi connectivity index (χ1n) is 9.11. The van der Waals surface area contributed by atoms with Crippen LogP contribution in [0, 0.1) is 5.82 Å². The van der Waals surface area contributed by atoms with Crippen LogP contribution in [0.1, 0.15) is 25.0 Å². The molecule has 0 aliphatic carbocycles. The van der Waals surface area contributed by atoms with E-state index in [0.717, 1.165) is 0 Å². The van der Waals surface area contributed by atoms with Crippen LogP contribution in [0.4, 0.5) is 16.2 Å². The Hall–Kier alpha value is -3.02. The second-order valence-corrected chi connectivity index (χ2v) is 6.62. The van der Waals surface area contributed by atoms with Crippen LogP contribution in [0.2, 0.25) is 0 Å². The number of halogens is 1. The molecule has 1 N–H and O–H groups in total. The normalized spacial score (nSPS) is 10.8. The molecule has 1 heterocycles. The van der Waals surface area contributed by atoms with Crippen molar-refractivity contribution in [3.8, 4) is 0 Å². The molecule has 0 aliphatic rings. The third-order valence-corrected chi connectivity index (χ3v) is 4.28. The van der Waals surface area contributed by atoms with Crippen molar-refractivity contribution in [3.63, 3.8) is 0 Å². The molecule has 0 unspecified atom stereocenters. The van der Waals surface area contributed by atoms with E-state index in [0.29, 0.717) is 36.8 Å². The van der Waals surface area contributed by atoms with Gasteiger partial charge in [0, 0.05) is 19.1 Å². The van der Waals surface area contributed by atoms with Crippen LogP contribution in [0.3, 0.4) is 0 Å². The van der Waals surface area contributed by atoms with Crippen LogP contribution >= 0.6 is 0 Å². The summed E-state index contributed by atoms with van der Waals surface area (Å²) in [5.74, 6) is 1.02. The fourth-order valence-corrected chi connectivity index (χ4v) is 2.79. The van der Waals surface area contributed by atoms with Gasteiger partial charge in [0.1, 0.15) is 5.82 Å². The van der Waals surface area contributed by atoms with Gasteiger partial charge >= 0.3 is 0 Å². The summed E-state index contributed by atoms with van der Waals surface area (Å²) < 4.78 is 13.7. The number of nitrogens with one attached hydrogen (secondary N) is 1. The van der Waals surface area contributed by atoms with E-state index >= 15 is 0 Å². The maximum absolute atomic E-state index is 13.7. The van der Waals surface area contributed by atoms with Crippen LogP contribution in [-0.4, -0.2) is 27.8 Å². The molecule has 3 aromatic rings. The summed E-state index contributed by atoms with van der Waals surface area (Å²) in [4.78, 5) is 6.69. The lowest BCUT2D eigenvalue weighted by molar-refractivity contribution is 0.610. The highest BCUT2D eigenvalue weighted by atomic mass is 19.1. The van der Waals surface area contributed by atoms with Crippen LogP contribution in [0.25, 0.3) is 0 Å². The molecule has 0 aliphatic heterocycles. The van der Waals surface area contributed by atoms with Gasteiger partial charge in [0.05, 0.1) is 6.20 Å². The number of rotatable bonds is 8. The average Bonchev–Trinajstić information content (AvgIpc) is 2.68. The maximum Gasteiger partial charge on any atom is 0.247 e. The van der Waals surface area contributed by atoms with E-state index in [1.165, 1.54) is 11.6 Å². The number of benzene rings is 2. The Balaban J connectivity index is 1.67. The van der Waals surface area contributed by atoms with E-state index in [9.17, 15) is 4.39 Å². The van der Waals surface area contributed by atoms with Crippen LogP contribution in [0.15, 0.2) is 60.8 Å². The third-order valence-electron chi connectivity index (χ3n) is 4.28. The molecule has 0 amide bonds. The summed E-state index contributed by atoms with van der Waals surface area (Å²) in [6.07, 6.45) is 2.16. The molecule has 3 rings (SSSR count). The van der Waals surface area contributed by atoms with Crippen LogP contribution in [-0.2, 0) is 13.0 Å². The summed E-state index contributed by atoms with van der Waals surface area (Å²) in [6.45, 7) is 5.48. The van der Waals surface area contributed by atoms with Crippen molar-refractivity contribution in [2.24, 2.45) is 0 Å².